The van der Waals surface area contributed by atoms with Crippen LogP contribution in [0.5, 0.6) is 0 Å². The fourth-order valence-electron chi connectivity index (χ4n) is 1.49. The highest BCUT2D eigenvalue weighted by atomic mass is 16.3. The monoisotopic (exact) mass is 289 g/mol. The molecule has 21 heavy (non-hydrogen) atoms. The number of hydrazone groups is 1. The van der Waals surface area contributed by atoms with Crippen LogP contribution < -0.4 is 10.7 Å². The average Bonchev–Trinajstić information content (AvgIpc) is 2.91. The minimum Gasteiger partial charge on any atom is -0.463 e. The summed E-state index contributed by atoms with van der Waals surface area (Å²) in [6.07, 6.45) is 6.82. The van der Waals surface area contributed by atoms with E-state index in [4.69, 9.17) is 4.42 Å². The molecule has 0 unspecified atom stereocenters. The Morgan fingerprint density at radius 2 is 2.10 bits per heavy atom. The first kappa shape index (κ1) is 16.4. The van der Waals surface area contributed by atoms with Gasteiger partial charge in [-0.15, -0.1) is 0 Å². The van der Waals surface area contributed by atoms with Gasteiger partial charge in [-0.05, 0) is 31.6 Å². The highest BCUT2D eigenvalue weighted by molar-refractivity contribution is 5.94. The van der Waals surface area contributed by atoms with Gasteiger partial charge >= 0.3 is 0 Å². The number of amides is 2. The Kier molecular flexibility index (Phi) is 6.67. The maximum absolute atomic E-state index is 11.9. The van der Waals surface area contributed by atoms with Gasteiger partial charge in [0.2, 0.25) is 5.91 Å². The number of hydrogen-bond donors (Lipinski definition) is 2. The van der Waals surface area contributed by atoms with Crippen LogP contribution in [-0.2, 0) is 9.59 Å². The predicted molar refractivity (Wildman–Crippen MR) is 80.4 cm³/mol. The van der Waals surface area contributed by atoms with Crippen LogP contribution in [-0.4, -0.2) is 18.0 Å². The standard InChI is InChI=1S/C15H19N3O3/c1-4-13(8-7-11(2)17-12(3)19)15(20)18-16-10-14-6-5-9-21-14/h5-10H,4H2,1-3H3,(H,17,19)(H,18,20)/b11-7+,13-8+,16-10+. The maximum atomic E-state index is 11.9. The third-order valence-corrected chi connectivity index (χ3v) is 2.48. The Morgan fingerprint density at radius 3 is 2.67 bits per heavy atom. The molecule has 0 aromatic carbocycles. The van der Waals surface area contributed by atoms with Crippen molar-refractivity contribution in [3.8, 4) is 0 Å². The molecule has 0 bridgehead atoms. The normalized spacial score (nSPS) is 12.5. The first-order valence-corrected chi connectivity index (χ1v) is 6.55. The summed E-state index contributed by atoms with van der Waals surface area (Å²) in [6, 6.07) is 3.46. The van der Waals surface area contributed by atoms with Crippen molar-refractivity contribution >= 4 is 18.0 Å². The number of nitrogens with zero attached hydrogens (tertiary/aromatic N) is 1. The van der Waals surface area contributed by atoms with Gasteiger partial charge in [0.1, 0.15) is 5.76 Å². The second-order valence-electron chi connectivity index (χ2n) is 4.29. The molecule has 0 atom stereocenters. The molecular formula is C15H19N3O3. The van der Waals surface area contributed by atoms with E-state index in [-0.39, 0.29) is 11.8 Å². The molecule has 112 valence electrons. The van der Waals surface area contributed by atoms with Crippen LogP contribution in [0.3, 0.4) is 0 Å². The van der Waals surface area contributed by atoms with Crippen molar-refractivity contribution in [2.75, 3.05) is 0 Å². The number of carbonyl (C=O) groups is 2. The van der Waals surface area contributed by atoms with Gasteiger partial charge < -0.3 is 9.73 Å². The van der Waals surface area contributed by atoms with Crippen molar-refractivity contribution in [2.45, 2.75) is 27.2 Å². The number of hydrogen-bond acceptors (Lipinski definition) is 4. The third kappa shape index (κ3) is 6.38. The first-order chi connectivity index (χ1) is 10.0. The van der Waals surface area contributed by atoms with E-state index in [9.17, 15) is 9.59 Å². The summed E-state index contributed by atoms with van der Waals surface area (Å²) in [4.78, 5) is 22.8. The summed E-state index contributed by atoms with van der Waals surface area (Å²) < 4.78 is 5.05. The predicted octanol–water partition coefficient (Wildman–Crippen LogP) is 2.11. The first-order valence-electron chi connectivity index (χ1n) is 6.55. The molecule has 2 amide bonds. The molecule has 0 aliphatic carbocycles. The van der Waals surface area contributed by atoms with E-state index in [1.54, 1.807) is 31.2 Å². The maximum Gasteiger partial charge on any atom is 0.267 e. The SMILES string of the molecule is CC/C(=C\C=C(/C)NC(C)=O)C(=O)N/N=C/c1ccco1. The summed E-state index contributed by atoms with van der Waals surface area (Å²) >= 11 is 0. The largest absolute Gasteiger partial charge is 0.463 e. The van der Waals surface area contributed by atoms with Gasteiger partial charge in [-0.1, -0.05) is 13.0 Å². The zero-order valence-electron chi connectivity index (χ0n) is 12.3. The van der Waals surface area contributed by atoms with Crippen molar-refractivity contribution in [2.24, 2.45) is 5.10 Å². The highest BCUT2D eigenvalue weighted by Crippen LogP contribution is 2.02. The fourth-order valence-corrected chi connectivity index (χ4v) is 1.49. The fraction of sp³-hybridized carbons (Fsp3) is 0.267. The quantitative estimate of drug-likeness (QED) is 0.364. The second-order valence-corrected chi connectivity index (χ2v) is 4.29. The molecule has 6 nitrogen and oxygen atoms in total. The molecule has 0 radical (unpaired) electrons. The summed E-state index contributed by atoms with van der Waals surface area (Å²) in [5.74, 6) is 0.105. The molecular weight excluding hydrogens is 270 g/mol. The molecule has 0 aliphatic heterocycles. The average molecular weight is 289 g/mol. The highest BCUT2D eigenvalue weighted by Gasteiger charge is 2.05. The van der Waals surface area contributed by atoms with Crippen LogP contribution in [0.1, 0.15) is 33.0 Å². The Bertz CT molecular complexity index is 569. The van der Waals surface area contributed by atoms with Gasteiger partial charge in [0.05, 0.1) is 12.5 Å². The van der Waals surface area contributed by atoms with E-state index in [1.165, 1.54) is 19.4 Å². The Balaban J connectivity index is 2.62. The van der Waals surface area contributed by atoms with E-state index in [0.717, 1.165) is 0 Å². The Labute approximate surface area is 123 Å². The molecule has 0 saturated carbocycles. The van der Waals surface area contributed by atoms with E-state index in [1.807, 2.05) is 6.92 Å². The van der Waals surface area contributed by atoms with E-state index < -0.39 is 0 Å². The van der Waals surface area contributed by atoms with E-state index in [0.29, 0.717) is 23.5 Å². The summed E-state index contributed by atoms with van der Waals surface area (Å²) in [5.41, 5.74) is 3.64. The molecule has 0 saturated heterocycles. The van der Waals surface area contributed by atoms with E-state index >= 15 is 0 Å². The molecule has 2 N–H and O–H groups in total. The molecule has 1 aromatic heterocycles. The van der Waals surface area contributed by atoms with E-state index in [2.05, 4.69) is 15.8 Å². The minimum atomic E-state index is -0.299. The van der Waals surface area contributed by atoms with Gasteiger partial charge in [0.15, 0.2) is 0 Å². The summed E-state index contributed by atoms with van der Waals surface area (Å²) in [6.45, 7) is 5.04. The molecule has 6 heteroatoms. The Morgan fingerprint density at radius 1 is 1.33 bits per heavy atom. The van der Waals surface area contributed by atoms with Crippen LogP contribution in [0.2, 0.25) is 0 Å². The zero-order valence-corrected chi connectivity index (χ0v) is 12.3. The van der Waals surface area contributed by atoms with Crippen LogP contribution in [0.4, 0.5) is 0 Å². The number of rotatable bonds is 6. The van der Waals surface area contributed by atoms with Crippen LogP contribution in [0, 0.1) is 0 Å². The molecule has 1 rings (SSSR count). The number of nitrogens with one attached hydrogen (secondary N) is 2. The van der Waals surface area contributed by atoms with Crippen LogP contribution in [0.25, 0.3) is 0 Å². The minimum absolute atomic E-state index is 0.150. The lowest BCUT2D eigenvalue weighted by molar-refractivity contribution is -0.118. The lowest BCUT2D eigenvalue weighted by Gasteiger charge is -2.03. The van der Waals surface area contributed by atoms with Crippen molar-refractivity contribution in [3.63, 3.8) is 0 Å². The van der Waals surface area contributed by atoms with Gasteiger partial charge in [0.25, 0.3) is 5.91 Å². The number of furan rings is 1. The Hall–Kier alpha value is -2.63. The van der Waals surface area contributed by atoms with Gasteiger partial charge in [-0.2, -0.15) is 5.10 Å². The molecule has 0 fully saturated rings. The number of allylic oxidation sites excluding steroid dienone is 3. The van der Waals surface area contributed by atoms with Crippen molar-refractivity contribution < 1.29 is 14.0 Å². The van der Waals surface area contributed by atoms with Crippen molar-refractivity contribution in [3.05, 3.63) is 47.6 Å². The molecule has 0 aliphatic rings. The molecule has 1 aromatic rings. The summed E-state index contributed by atoms with van der Waals surface area (Å²) in [7, 11) is 0. The number of carbonyl (C=O) groups excluding carboxylic acids is 2. The van der Waals surface area contributed by atoms with Crippen molar-refractivity contribution in [1.29, 1.82) is 0 Å². The van der Waals surface area contributed by atoms with Crippen molar-refractivity contribution in [1.82, 2.24) is 10.7 Å². The van der Waals surface area contributed by atoms with Gasteiger partial charge in [-0.3, -0.25) is 9.59 Å². The van der Waals surface area contributed by atoms with Gasteiger partial charge in [0, 0.05) is 18.2 Å². The van der Waals surface area contributed by atoms with Crippen LogP contribution >= 0.6 is 0 Å². The lowest BCUT2D eigenvalue weighted by atomic mass is 10.1. The third-order valence-electron chi connectivity index (χ3n) is 2.48. The topological polar surface area (TPSA) is 83.7 Å². The second kappa shape index (κ2) is 8.52. The summed E-state index contributed by atoms with van der Waals surface area (Å²) in [5, 5.41) is 6.44. The molecule has 1 heterocycles. The molecule has 0 spiro atoms. The lowest BCUT2D eigenvalue weighted by Crippen LogP contribution is -2.20. The van der Waals surface area contributed by atoms with Crippen LogP contribution in [0.15, 0.2) is 51.3 Å². The zero-order chi connectivity index (χ0) is 15.7. The van der Waals surface area contributed by atoms with Gasteiger partial charge in [-0.25, -0.2) is 5.43 Å². The smallest absolute Gasteiger partial charge is 0.267 e.